The summed E-state index contributed by atoms with van der Waals surface area (Å²) in [6.07, 6.45) is 12.5. The minimum atomic E-state index is 0.898. The van der Waals surface area contributed by atoms with Crippen LogP contribution in [-0.2, 0) is 0 Å². The maximum absolute atomic E-state index is 2.29. The lowest BCUT2D eigenvalue weighted by molar-refractivity contribution is 0.534. The molecular weight excluding hydrogens is 252 g/mol. The van der Waals surface area contributed by atoms with E-state index in [-0.39, 0.29) is 0 Å². The first kappa shape index (κ1) is 25.9. The van der Waals surface area contributed by atoms with Gasteiger partial charge in [-0.05, 0) is 17.8 Å². The normalized spacial score (nSPS) is 10.3. The highest BCUT2D eigenvalue weighted by Gasteiger charge is 1.90. The van der Waals surface area contributed by atoms with Gasteiger partial charge >= 0.3 is 0 Å². The van der Waals surface area contributed by atoms with Crippen LogP contribution in [0.25, 0.3) is 0 Å². The summed E-state index contributed by atoms with van der Waals surface area (Å²) in [7, 11) is 0. The number of rotatable bonds is 9. The van der Waals surface area contributed by atoms with Gasteiger partial charge in [0.15, 0.2) is 0 Å². The summed E-state index contributed by atoms with van der Waals surface area (Å²) >= 11 is 0. The number of hydrogen-bond donors (Lipinski definition) is 0. The van der Waals surface area contributed by atoms with Gasteiger partial charge in [-0.15, -0.1) is 0 Å². The molecule has 0 radical (unpaired) electrons. The van der Waals surface area contributed by atoms with E-state index in [1.165, 1.54) is 57.8 Å². The third kappa shape index (κ3) is 45.0. The van der Waals surface area contributed by atoms with Gasteiger partial charge in [0.25, 0.3) is 0 Å². The largest absolute Gasteiger partial charge is 0.0654 e. The molecule has 132 valence electrons. The monoisotopic (exact) mass is 300 g/mol. The molecule has 0 heterocycles. The molecule has 0 heteroatoms. The number of hydrogen-bond acceptors (Lipinski definition) is 0. The van der Waals surface area contributed by atoms with Crippen LogP contribution in [-0.4, -0.2) is 0 Å². The van der Waals surface area contributed by atoms with Crippen molar-refractivity contribution in [3.63, 3.8) is 0 Å². The Hall–Kier alpha value is 0. The van der Waals surface area contributed by atoms with E-state index in [2.05, 4.69) is 62.3 Å². The topological polar surface area (TPSA) is 0 Å². The molecule has 0 nitrogen and oxygen atoms in total. The summed E-state index contributed by atoms with van der Waals surface area (Å²) in [4.78, 5) is 0. The summed E-state index contributed by atoms with van der Waals surface area (Å²) < 4.78 is 0. The van der Waals surface area contributed by atoms with E-state index >= 15 is 0 Å². The molecule has 0 atom stereocenters. The van der Waals surface area contributed by atoms with Gasteiger partial charge in [0.1, 0.15) is 0 Å². The van der Waals surface area contributed by atoms with Gasteiger partial charge < -0.3 is 0 Å². The van der Waals surface area contributed by atoms with Crippen molar-refractivity contribution < 1.29 is 0 Å². The Morgan fingerprint density at radius 3 is 1.00 bits per heavy atom. The molecule has 0 aliphatic carbocycles. The van der Waals surface area contributed by atoms with Crippen LogP contribution in [0.2, 0.25) is 0 Å². The quantitative estimate of drug-likeness (QED) is 0.374. The molecule has 0 aromatic rings. The van der Waals surface area contributed by atoms with Crippen LogP contribution in [0.3, 0.4) is 0 Å². The second-order valence-corrected chi connectivity index (χ2v) is 7.61. The fraction of sp³-hybridized carbons (Fsp3) is 1.00. The van der Waals surface area contributed by atoms with Crippen molar-refractivity contribution in [1.82, 2.24) is 0 Å². The Morgan fingerprint density at radius 2 is 0.810 bits per heavy atom. The maximum atomic E-state index is 2.29. The molecule has 0 aromatic heterocycles. The van der Waals surface area contributed by atoms with Crippen molar-refractivity contribution in [1.29, 1.82) is 0 Å². The highest BCUT2D eigenvalue weighted by Crippen LogP contribution is 2.07. The Morgan fingerprint density at radius 1 is 0.429 bits per heavy atom. The van der Waals surface area contributed by atoms with Gasteiger partial charge in [-0.1, -0.05) is 120 Å². The van der Waals surface area contributed by atoms with Crippen molar-refractivity contribution in [2.45, 2.75) is 120 Å². The van der Waals surface area contributed by atoms with Gasteiger partial charge in [0.2, 0.25) is 0 Å². The van der Waals surface area contributed by atoms with Gasteiger partial charge in [-0.25, -0.2) is 0 Å². The first-order chi connectivity index (χ1) is 9.81. The minimum Gasteiger partial charge on any atom is -0.0654 e. The van der Waals surface area contributed by atoms with Crippen molar-refractivity contribution in [2.75, 3.05) is 0 Å². The van der Waals surface area contributed by atoms with E-state index in [1.54, 1.807) is 0 Å². The molecule has 0 aliphatic rings. The van der Waals surface area contributed by atoms with Crippen LogP contribution in [0.5, 0.6) is 0 Å². The lowest BCUT2D eigenvalue weighted by Crippen LogP contribution is -1.85. The smallest absolute Gasteiger partial charge is 0.0471 e. The summed E-state index contributed by atoms with van der Waals surface area (Å²) in [5, 5.41) is 0. The Bertz CT molecular complexity index is 144. The molecular formula is C21H48. The van der Waals surface area contributed by atoms with Crippen molar-refractivity contribution in [3.8, 4) is 0 Å². The first-order valence-electron chi connectivity index (χ1n) is 9.81. The molecule has 0 saturated heterocycles. The van der Waals surface area contributed by atoms with E-state index in [0.717, 1.165) is 17.8 Å². The molecule has 21 heavy (non-hydrogen) atoms. The standard InChI is InChI=1S/C8H18.C7H16.C6H14/c1-4-5-6-7-8(2)3;1-4-5-6-7(2)3;1-4-5-6(2)3/h8H,4-7H2,1-3H3;7H,4-6H2,1-3H3;6H,4-5H2,1-3H3. The van der Waals surface area contributed by atoms with E-state index in [4.69, 9.17) is 0 Å². The third-order valence-corrected chi connectivity index (χ3v) is 3.39. The molecule has 0 spiro atoms. The Labute approximate surface area is 138 Å². The van der Waals surface area contributed by atoms with Crippen LogP contribution in [0.4, 0.5) is 0 Å². The highest BCUT2D eigenvalue weighted by molar-refractivity contribution is 4.44. The lowest BCUT2D eigenvalue weighted by Gasteiger charge is -2.00. The van der Waals surface area contributed by atoms with Crippen LogP contribution >= 0.6 is 0 Å². The Balaban J connectivity index is -0.000000234. The van der Waals surface area contributed by atoms with Crippen molar-refractivity contribution in [3.05, 3.63) is 0 Å². The van der Waals surface area contributed by atoms with E-state index < -0.39 is 0 Å². The summed E-state index contributed by atoms with van der Waals surface area (Å²) in [6, 6.07) is 0. The zero-order chi connectivity index (χ0) is 17.1. The predicted octanol–water partition coefficient (Wildman–Crippen LogP) is 8.50. The molecule has 0 aliphatic heterocycles. The highest BCUT2D eigenvalue weighted by atomic mass is 14.0. The van der Waals surface area contributed by atoms with Crippen LogP contribution in [0, 0.1) is 17.8 Å². The van der Waals surface area contributed by atoms with Crippen LogP contribution < -0.4 is 0 Å². The molecule has 0 unspecified atom stereocenters. The van der Waals surface area contributed by atoms with Crippen LogP contribution in [0.15, 0.2) is 0 Å². The fourth-order valence-electron chi connectivity index (χ4n) is 1.99. The van der Waals surface area contributed by atoms with Crippen molar-refractivity contribution in [2.24, 2.45) is 17.8 Å². The fourth-order valence-corrected chi connectivity index (χ4v) is 1.99. The number of unbranched alkanes of at least 4 members (excludes halogenated alkanes) is 3. The van der Waals surface area contributed by atoms with Gasteiger partial charge in [0.05, 0.1) is 0 Å². The molecule has 0 amide bonds. The van der Waals surface area contributed by atoms with Gasteiger partial charge in [0, 0.05) is 0 Å². The average molecular weight is 301 g/mol. The predicted molar refractivity (Wildman–Crippen MR) is 103 cm³/mol. The van der Waals surface area contributed by atoms with Gasteiger partial charge in [-0.3, -0.25) is 0 Å². The third-order valence-electron chi connectivity index (χ3n) is 3.39. The summed E-state index contributed by atoms with van der Waals surface area (Å²) in [5.74, 6) is 2.71. The molecule has 0 rings (SSSR count). The average Bonchev–Trinajstić information content (AvgIpc) is 2.37. The Kier molecular flexibility index (Phi) is 27.5. The molecule has 0 fully saturated rings. The SMILES string of the molecule is CCCC(C)C.CCCCC(C)C.CCCCCC(C)C. The van der Waals surface area contributed by atoms with E-state index in [0.29, 0.717) is 0 Å². The van der Waals surface area contributed by atoms with Crippen LogP contribution in [0.1, 0.15) is 120 Å². The minimum absolute atomic E-state index is 0.898. The molecule has 0 bridgehead atoms. The summed E-state index contributed by atoms with van der Waals surface area (Å²) in [5.41, 5.74) is 0. The zero-order valence-corrected chi connectivity index (χ0v) is 17.1. The lowest BCUT2D eigenvalue weighted by atomic mass is 10.1. The first-order valence-corrected chi connectivity index (χ1v) is 9.81. The molecule has 0 N–H and O–H groups in total. The van der Waals surface area contributed by atoms with Crippen molar-refractivity contribution >= 4 is 0 Å². The summed E-state index contributed by atoms with van der Waals surface area (Å²) in [6.45, 7) is 20.3. The van der Waals surface area contributed by atoms with E-state index in [1.807, 2.05) is 0 Å². The molecule has 0 saturated carbocycles. The zero-order valence-electron chi connectivity index (χ0n) is 17.1. The van der Waals surface area contributed by atoms with E-state index in [9.17, 15) is 0 Å². The molecule has 0 aromatic carbocycles. The maximum Gasteiger partial charge on any atom is -0.0471 e. The van der Waals surface area contributed by atoms with Gasteiger partial charge in [-0.2, -0.15) is 0 Å². The second-order valence-electron chi connectivity index (χ2n) is 7.61. The second kappa shape index (κ2) is 22.3.